The number of rotatable bonds is 8. The molecule has 8 nitrogen and oxygen atoms in total. The number of benzene rings is 2. The quantitative estimate of drug-likeness (QED) is 0.416. The van der Waals surface area contributed by atoms with Gasteiger partial charge in [-0.25, -0.2) is 17.5 Å². The van der Waals surface area contributed by atoms with Gasteiger partial charge in [-0.2, -0.15) is 0 Å². The number of halogens is 1. The standard InChI is InChI=1S/C27H33ClN4O4S/c1-3-14-30-23-8-4-5-9-24(23)32(27(30)34)21-12-16-29(17-13-21)19(2)7-6-15-31-26(33)22-18-20(28)10-11-25(22)37(31,35)36/h4-5,8-11,18-19,21H,3,6-7,12-17H2,1-2H3. The van der Waals surface area contributed by atoms with Crippen LogP contribution in [-0.4, -0.2) is 58.3 Å². The number of nitrogens with zero attached hydrogens (tertiary/aromatic N) is 4. The van der Waals surface area contributed by atoms with Crippen LogP contribution < -0.4 is 5.69 Å². The van der Waals surface area contributed by atoms with Crippen molar-refractivity contribution in [2.45, 2.75) is 69.5 Å². The van der Waals surface area contributed by atoms with E-state index in [9.17, 15) is 18.0 Å². The number of carbonyl (C=O) groups is 1. The van der Waals surface area contributed by atoms with Crippen molar-refractivity contribution in [1.29, 1.82) is 0 Å². The topological polar surface area (TPSA) is 84.6 Å². The molecule has 1 atom stereocenters. The third-order valence-corrected chi connectivity index (χ3v) is 9.83. The first-order valence-electron chi connectivity index (χ1n) is 13.0. The highest BCUT2D eigenvalue weighted by molar-refractivity contribution is 7.90. The number of imidazole rings is 1. The summed E-state index contributed by atoms with van der Waals surface area (Å²) >= 11 is 5.97. The number of aryl methyl sites for hydroxylation is 1. The minimum Gasteiger partial charge on any atom is -0.301 e. The van der Waals surface area contributed by atoms with Crippen LogP contribution in [0.3, 0.4) is 0 Å². The number of aromatic nitrogens is 2. The Bertz CT molecular complexity index is 1490. The molecule has 37 heavy (non-hydrogen) atoms. The summed E-state index contributed by atoms with van der Waals surface area (Å²) < 4.78 is 30.5. The Morgan fingerprint density at radius 3 is 2.43 bits per heavy atom. The first-order chi connectivity index (χ1) is 17.7. The van der Waals surface area contributed by atoms with Crippen molar-refractivity contribution in [2.24, 2.45) is 0 Å². The summed E-state index contributed by atoms with van der Waals surface area (Å²) in [6, 6.07) is 12.8. The van der Waals surface area contributed by atoms with Gasteiger partial charge in [0.15, 0.2) is 0 Å². The molecule has 0 spiro atoms. The summed E-state index contributed by atoms with van der Waals surface area (Å²) in [5.41, 5.74) is 2.23. The average molecular weight is 545 g/mol. The number of carbonyl (C=O) groups excluding carboxylic acids is 1. The molecule has 2 aliphatic heterocycles. The van der Waals surface area contributed by atoms with Crippen molar-refractivity contribution in [3.8, 4) is 0 Å². The van der Waals surface area contributed by atoms with Crippen LogP contribution in [0.25, 0.3) is 11.0 Å². The molecule has 1 aromatic heterocycles. The van der Waals surface area contributed by atoms with Gasteiger partial charge in [-0.1, -0.05) is 30.7 Å². The Balaban J connectivity index is 1.19. The second kappa shape index (κ2) is 10.3. The van der Waals surface area contributed by atoms with Gasteiger partial charge in [-0.15, -0.1) is 0 Å². The number of hydrogen-bond donors (Lipinski definition) is 0. The van der Waals surface area contributed by atoms with Gasteiger partial charge in [0, 0.05) is 43.3 Å². The molecule has 0 radical (unpaired) electrons. The Morgan fingerprint density at radius 2 is 1.73 bits per heavy atom. The third-order valence-electron chi connectivity index (χ3n) is 7.75. The van der Waals surface area contributed by atoms with Crippen LogP contribution in [0.5, 0.6) is 0 Å². The second-order valence-corrected chi connectivity index (χ2v) is 12.3. The predicted molar refractivity (Wildman–Crippen MR) is 145 cm³/mol. The molecule has 0 aliphatic carbocycles. The molecule has 0 bridgehead atoms. The fourth-order valence-corrected chi connectivity index (χ4v) is 7.56. The van der Waals surface area contributed by atoms with Crippen LogP contribution in [0.2, 0.25) is 5.02 Å². The zero-order chi connectivity index (χ0) is 26.3. The predicted octanol–water partition coefficient (Wildman–Crippen LogP) is 4.52. The third kappa shape index (κ3) is 4.62. The maximum atomic E-state index is 13.3. The molecule has 0 N–H and O–H groups in total. The lowest BCUT2D eigenvalue weighted by molar-refractivity contribution is 0.0863. The fraction of sp³-hybridized carbons (Fsp3) is 0.481. The fourth-order valence-electron chi connectivity index (χ4n) is 5.80. The van der Waals surface area contributed by atoms with Crippen LogP contribution in [0.4, 0.5) is 0 Å². The molecule has 3 aromatic rings. The van der Waals surface area contributed by atoms with Gasteiger partial charge >= 0.3 is 5.69 Å². The highest BCUT2D eigenvalue weighted by Gasteiger charge is 2.41. The smallest absolute Gasteiger partial charge is 0.301 e. The van der Waals surface area contributed by atoms with E-state index in [-0.39, 0.29) is 34.8 Å². The van der Waals surface area contributed by atoms with Crippen molar-refractivity contribution in [1.82, 2.24) is 18.3 Å². The summed E-state index contributed by atoms with van der Waals surface area (Å²) in [6.07, 6.45) is 4.04. The molecule has 198 valence electrons. The lowest BCUT2D eigenvalue weighted by Crippen LogP contribution is -2.42. The molecule has 0 saturated carbocycles. The van der Waals surface area contributed by atoms with Crippen molar-refractivity contribution < 1.29 is 13.2 Å². The van der Waals surface area contributed by atoms with E-state index < -0.39 is 15.9 Å². The molecule has 1 saturated heterocycles. The maximum Gasteiger partial charge on any atom is 0.329 e. The summed E-state index contributed by atoms with van der Waals surface area (Å²) in [5, 5.41) is 0.346. The number of fused-ring (bicyclic) bond motifs is 2. The molecule has 5 rings (SSSR count). The molecule has 1 fully saturated rings. The Labute approximate surface area is 222 Å². The van der Waals surface area contributed by atoms with Gasteiger partial charge in [-0.05, 0) is 69.4 Å². The van der Waals surface area contributed by atoms with E-state index in [4.69, 9.17) is 11.6 Å². The van der Waals surface area contributed by atoms with Crippen molar-refractivity contribution in [3.63, 3.8) is 0 Å². The summed E-state index contributed by atoms with van der Waals surface area (Å²) in [5.74, 6) is -0.501. The van der Waals surface area contributed by atoms with Crippen molar-refractivity contribution >= 4 is 38.6 Å². The number of para-hydroxylation sites is 2. The molecule has 2 aromatic carbocycles. The highest BCUT2D eigenvalue weighted by atomic mass is 35.5. The van der Waals surface area contributed by atoms with Crippen LogP contribution in [0.1, 0.15) is 62.4 Å². The Hall–Kier alpha value is -2.62. The SMILES string of the molecule is CCCn1c(=O)n(C2CCN(C(C)CCCN3C(=O)c4cc(Cl)ccc4S3(=O)=O)CC2)c2ccccc21. The van der Waals surface area contributed by atoms with Crippen LogP contribution in [-0.2, 0) is 16.6 Å². The molecular formula is C27H33ClN4O4S. The van der Waals surface area contributed by atoms with Crippen LogP contribution in [0, 0.1) is 0 Å². The first-order valence-corrected chi connectivity index (χ1v) is 14.9. The maximum absolute atomic E-state index is 13.3. The van der Waals surface area contributed by atoms with E-state index in [0.29, 0.717) is 11.4 Å². The normalized spacial score (nSPS) is 19.0. The number of piperidine rings is 1. The second-order valence-electron chi connectivity index (χ2n) is 10.1. The lowest BCUT2D eigenvalue weighted by Gasteiger charge is -2.36. The van der Waals surface area contributed by atoms with Gasteiger partial charge in [0.25, 0.3) is 15.9 Å². The van der Waals surface area contributed by atoms with Crippen LogP contribution in [0.15, 0.2) is 52.2 Å². The van der Waals surface area contributed by atoms with Gasteiger partial charge in [0.2, 0.25) is 0 Å². The van der Waals surface area contributed by atoms with Gasteiger partial charge in [0.1, 0.15) is 4.90 Å². The van der Waals surface area contributed by atoms with Crippen molar-refractivity contribution in [2.75, 3.05) is 19.6 Å². The van der Waals surface area contributed by atoms with E-state index in [1.807, 2.05) is 33.4 Å². The van der Waals surface area contributed by atoms with Crippen molar-refractivity contribution in [3.05, 3.63) is 63.5 Å². The van der Waals surface area contributed by atoms with Gasteiger partial charge in [0.05, 0.1) is 16.6 Å². The average Bonchev–Trinajstić information content (AvgIpc) is 3.26. The zero-order valence-corrected chi connectivity index (χ0v) is 22.8. The van der Waals surface area contributed by atoms with Crippen LogP contribution >= 0.6 is 11.6 Å². The zero-order valence-electron chi connectivity index (χ0n) is 21.3. The molecule has 1 unspecified atom stereocenters. The van der Waals surface area contributed by atoms with E-state index in [1.165, 1.54) is 18.2 Å². The summed E-state index contributed by atoms with van der Waals surface area (Å²) in [7, 11) is -3.82. The first kappa shape index (κ1) is 26.0. The molecule has 1 amide bonds. The molecule has 3 heterocycles. The summed E-state index contributed by atoms with van der Waals surface area (Å²) in [6.45, 7) is 6.85. The molecule has 10 heteroatoms. The number of amides is 1. The highest BCUT2D eigenvalue weighted by Crippen LogP contribution is 2.33. The number of sulfonamides is 1. The minimum atomic E-state index is -3.82. The van der Waals surface area contributed by atoms with E-state index >= 15 is 0 Å². The largest absolute Gasteiger partial charge is 0.329 e. The number of likely N-dealkylation sites (tertiary alicyclic amines) is 1. The minimum absolute atomic E-state index is 0.0348. The molecular weight excluding hydrogens is 512 g/mol. The number of hydrogen-bond acceptors (Lipinski definition) is 5. The Morgan fingerprint density at radius 1 is 1.03 bits per heavy atom. The summed E-state index contributed by atoms with van der Waals surface area (Å²) in [4.78, 5) is 28.4. The lowest BCUT2D eigenvalue weighted by atomic mass is 10.0. The van der Waals surface area contributed by atoms with E-state index in [2.05, 4.69) is 18.7 Å². The van der Waals surface area contributed by atoms with E-state index in [1.54, 1.807) is 0 Å². The monoisotopic (exact) mass is 544 g/mol. The Kier molecular flexibility index (Phi) is 7.22. The van der Waals surface area contributed by atoms with Gasteiger partial charge < -0.3 is 4.90 Å². The molecule has 2 aliphatic rings. The van der Waals surface area contributed by atoms with E-state index in [0.717, 1.165) is 60.7 Å². The van der Waals surface area contributed by atoms with Gasteiger partial charge in [-0.3, -0.25) is 13.9 Å².